The van der Waals surface area contributed by atoms with E-state index in [0.717, 1.165) is 65.3 Å². The van der Waals surface area contributed by atoms with Crippen LogP contribution in [0.5, 0.6) is 0 Å². The van der Waals surface area contributed by atoms with Crippen molar-refractivity contribution in [2.45, 2.75) is 45.2 Å². The van der Waals surface area contributed by atoms with Crippen LogP contribution < -0.4 is 5.32 Å². The molecule has 3 heterocycles. The van der Waals surface area contributed by atoms with Crippen LogP contribution in [0, 0.1) is 5.41 Å². The van der Waals surface area contributed by atoms with Gasteiger partial charge in [-0.3, -0.25) is 14.4 Å². The molecule has 10 nitrogen and oxygen atoms in total. The van der Waals surface area contributed by atoms with E-state index in [-0.39, 0.29) is 12.0 Å². The van der Waals surface area contributed by atoms with Crippen LogP contribution in [0.1, 0.15) is 36.6 Å². The summed E-state index contributed by atoms with van der Waals surface area (Å²) in [5.41, 5.74) is 7.24. The van der Waals surface area contributed by atoms with Crippen LogP contribution >= 0.6 is 0 Å². The third-order valence-corrected chi connectivity index (χ3v) is 6.80. The van der Waals surface area contributed by atoms with Crippen molar-refractivity contribution in [3.63, 3.8) is 0 Å². The Morgan fingerprint density at radius 3 is 2.64 bits per heavy atom. The van der Waals surface area contributed by atoms with Crippen molar-refractivity contribution in [3.8, 4) is 22.5 Å². The highest BCUT2D eigenvalue weighted by Gasteiger charge is 2.27. The van der Waals surface area contributed by atoms with Gasteiger partial charge in [0.1, 0.15) is 0 Å². The highest BCUT2D eigenvalue weighted by atomic mass is 15.3. The molecule has 0 fully saturated rings. The predicted octanol–water partition coefficient (Wildman–Crippen LogP) is 4.36. The molecular weight excluding hydrogens is 488 g/mol. The SMILES string of the molecule is CC(C)N=CC(C=N)c1ccc(-c2c3c(nn2C)CCc2cnc(Nc4ccn(CCN(C)C)n4)nc2-3)cc1. The summed E-state index contributed by atoms with van der Waals surface area (Å²) in [6, 6.07) is 10.5. The molecule has 3 aromatic heterocycles. The van der Waals surface area contributed by atoms with Gasteiger partial charge >= 0.3 is 0 Å². The lowest BCUT2D eigenvalue weighted by molar-refractivity contribution is 0.373. The lowest BCUT2D eigenvalue weighted by Crippen LogP contribution is -2.18. The Balaban J connectivity index is 1.44. The number of fused-ring (bicyclic) bond motifs is 3. The van der Waals surface area contributed by atoms with Gasteiger partial charge in [0.05, 0.1) is 29.5 Å². The van der Waals surface area contributed by atoms with Crippen molar-refractivity contribution in [2.75, 3.05) is 26.0 Å². The van der Waals surface area contributed by atoms with E-state index in [4.69, 9.17) is 15.5 Å². The number of nitrogens with zero attached hydrogens (tertiary/aromatic N) is 8. The van der Waals surface area contributed by atoms with Crippen molar-refractivity contribution in [3.05, 3.63) is 59.5 Å². The van der Waals surface area contributed by atoms with Gasteiger partial charge in [0, 0.05) is 61.7 Å². The molecule has 0 saturated heterocycles. The zero-order valence-corrected chi connectivity index (χ0v) is 23.3. The summed E-state index contributed by atoms with van der Waals surface area (Å²) in [6.07, 6.45) is 8.86. The van der Waals surface area contributed by atoms with E-state index in [0.29, 0.717) is 11.8 Å². The molecule has 0 aliphatic heterocycles. The number of aromatic nitrogens is 6. The Morgan fingerprint density at radius 1 is 1.13 bits per heavy atom. The molecule has 1 unspecified atom stereocenters. The lowest BCUT2D eigenvalue weighted by atomic mass is 9.91. The van der Waals surface area contributed by atoms with Gasteiger partial charge in [0.25, 0.3) is 0 Å². The first-order chi connectivity index (χ1) is 18.8. The number of aryl methyl sites for hydroxylation is 3. The molecule has 1 aliphatic carbocycles. The number of likely N-dealkylation sites (N-methyl/N-ethyl adjacent to an activating group) is 1. The maximum Gasteiger partial charge on any atom is 0.228 e. The Kier molecular flexibility index (Phi) is 7.65. The average molecular weight is 525 g/mol. The Bertz CT molecular complexity index is 1480. The first kappa shape index (κ1) is 26.4. The normalized spacial score (nSPS) is 13.6. The fourth-order valence-corrected chi connectivity index (χ4v) is 4.78. The second-order valence-electron chi connectivity index (χ2n) is 10.5. The van der Waals surface area contributed by atoms with Crippen LogP contribution in [0.2, 0.25) is 0 Å². The van der Waals surface area contributed by atoms with Crippen LogP contribution in [0.3, 0.4) is 0 Å². The smallest absolute Gasteiger partial charge is 0.228 e. The van der Waals surface area contributed by atoms with Gasteiger partial charge in [-0.2, -0.15) is 10.2 Å². The van der Waals surface area contributed by atoms with Crippen molar-refractivity contribution in [1.29, 1.82) is 5.41 Å². The van der Waals surface area contributed by atoms with Gasteiger partial charge in [0.2, 0.25) is 5.95 Å². The molecule has 1 atom stereocenters. The van der Waals surface area contributed by atoms with E-state index in [1.807, 2.05) is 54.9 Å². The molecule has 0 saturated carbocycles. The summed E-state index contributed by atoms with van der Waals surface area (Å²) in [5.74, 6) is 1.09. The molecular formula is C29H36N10. The van der Waals surface area contributed by atoms with Crippen LogP contribution in [0.15, 0.2) is 47.7 Å². The van der Waals surface area contributed by atoms with Gasteiger partial charge in [-0.05, 0) is 51.9 Å². The van der Waals surface area contributed by atoms with E-state index >= 15 is 0 Å². The van der Waals surface area contributed by atoms with Gasteiger partial charge < -0.3 is 15.6 Å². The number of rotatable bonds is 10. The molecule has 0 spiro atoms. The van der Waals surface area contributed by atoms with Gasteiger partial charge in [-0.1, -0.05) is 24.3 Å². The standard InChI is InChI=1S/C29H36N10/c1-19(2)31-18-23(16-30)20-6-8-21(9-7-20)28-26-24(35-38(28)5)11-10-22-17-32-29(34-27(22)26)33-25-12-13-39(36-25)15-14-37(3)4/h6-9,12-13,16-19,23,30H,10-11,14-15H2,1-5H3,(H,32,33,34,36). The summed E-state index contributed by atoms with van der Waals surface area (Å²) < 4.78 is 3.87. The molecule has 4 aromatic rings. The average Bonchev–Trinajstić information content (AvgIpc) is 3.51. The van der Waals surface area contributed by atoms with Crippen molar-refractivity contribution in [2.24, 2.45) is 12.0 Å². The molecule has 0 amide bonds. The molecule has 202 valence electrons. The number of benzene rings is 1. The van der Waals surface area contributed by atoms with Crippen molar-refractivity contribution < 1.29 is 0 Å². The van der Waals surface area contributed by atoms with E-state index in [1.54, 1.807) is 0 Å². The summed E-state index contributed by atoms with van der Waals surface area (Å²) in [4.78, 5) is 16.1. The monoisotopic (exact) mass is 524 g/mol. The number of aliphatic imine (C=N–C) groups is 1. The number of hydrogen-bond acceptors (Lipinski definition) is 8. The summed E-state index contributed by atoms with van der Waals surface area (Å²) in [7, 11) is 6.08. The maximum absolute atomic E-state index is 7.86. The Labute approximate surface area is 229 Å². The molecule has 0 radical (unpaired) electrons. The van der Waals surface area contributed by atoms with E-state index in [1.165, 1.54) is 6.21 Å². The molecule has 1 aliphatic rings. The van der Waals surface area contributed by atoms with Crippen molar-refractivity contribution >= 4 is 24.2 Å². The first-order valence-electron chi connectivity index (χ1n) is 13.3. The zero-order chi connectivity index (χ0) is 27.5. The quantitative estimate of drug-likeness (QED) is 0.298. The molecule has 1 aromatic carbocycles. The number of hydrogen-bond donors (Lipinski definition) is 2. The molecule has 0 bridgehead atoms. The van der Waals surface area contributed by atoms with Gasteiger partial charge in [-0.25, -0.2) is 9.97 Å². The predicted molar refractivity (Wildman–Crippen MR) is 156 cm³/mol. The summed E-state index contributed by atoms with van der Waals surface area (Å²) in [6.45, 7) is 5.80. The van der Waals surface area contributed by atoms with Crippen LogP contribution in [0.4, 0.5) is 11.8 Å². The largest absolute Gasteiger partial charge is 0.312 e. The lowest BCUT2D eigenvalue weighted by Gasteiger charge is -2.17. The molecule has 2 N–H and O–H groups in total. The summed E-state index contributed by atoms with van der Waals surface area (Å²) in [5, 5.41) is 20.6. The van der Waals surface area contributed by atoms with E-state index in [2.05, 4.69) is 63.7 Å². The molecule has 39 heavy (non-hydrogen) atoms. The third-order valence-electron chi connectivity index (χ3n) is 6.80. The highest BCUT2D eigenvalue weighted by molar-refractivity contribution is 5.90. The van der Waals surface area contributed by atoms with Crippen LogP contribution in [0.25, 0.3) is 22.5 Å². The minimum absolute atomic E-state index is 0.143. The van der Waals surface area contributed by atoms with E-state index < -0.39 is 0 Å². The maximum atomic E-state index is 7.86. The second-order valence-corrected chi connectivity index (χ2v) is 10.5. The Hall–Kier alpha value is -4.18. The number of anilines is 2. The number of nitrogens with one attached hydrogen (secondary N) is 2. The highest BCUT2D eigenvalue weighted by Crippen LogP contribution is 2.39. The van der Waals surface area contributed by atoms with Crippen molar-refractivity contribution in [1.82, 2.24) is 34.4 Å². The fourth-order valence-electron chi connectivity index (χ4n) is 4.78. The van der Waals surface area contributed by atoms with Gasteiger partial charge in [0.15, 0.2) is 5.82 Å². The van der Waals surface area contributed by atoms with Gasteiger partial charge in [-0.15, -0.1) is 0 Å². The second kappa shape index (κ2) is 11.3. The fraction of sp³-hybridized carbons (Fsp3) is 0.379. The molecule has 5 rings (SSSR count). The zero-order valence-electron chi connectivity index (χ0n) is 23.3. The van der Waals surface area contributed by atoms with Crippen LogP contribution in [-0.2, 0) is 26.4 Å². The molecule has 10 heteroatoms. The Morgan fingerprint density at radius 2 is 1.92 bits per heavy atom. The topological polar surface area (TPSA) is 113 Å². The minimum atomic E-state index is -0.143. The first-order valence-corrected chi connectivity index (χ1v) is 13.3. The van der Waals surface area contributed by atoms with E-state index in [9.17, 15) is 0 Å². The third kappa shape index (κ3) is 5.80. The minimum Gasteiger partial charge on any atom is -0.312 e. The van der Waals surface area contributed by atoms with Crippen LogP contribution in [-0.4, -0.2) is 73.5 Å². The summed E-state index contributed by atoms with van der Waals surface area (Å²) >= 11 is 0.